The highest BCUT2D eigenvalue weighted by atomic mass is 19.1. The van der Waals surface area contributed by atoms with Gasteiger partial charge in [0.1, 0.15) is 11.6 Å². The predicted octanol–water partition coefficient (Wildman–Crippen LogP) is 3.45. The Kier molecular flexibility index (Phi) is 3.68. The molecule has 0 fully saturated rings. The molecule has 3 heteroatoms. The van der Waals surface area contributed by atoms with Crippen LogP contribution in [0, 0.1) is 11.2 Å². The Morgan fingerprint density at radius 1 is 1.44 bits per heavy atom. The summed E-state index contributed by atoms with van der Waals surface area (Å²) in [6, 6.07) is 3.99. The number of rotatable bonds is 4. The van der Waals surface area contributed by atoms with Gasteiger partial charge in [-0.1, -0.05) is 20.8 Å². The largest absolute Gasteiger partial charge is 0.496 e. The van der Waals surface area contributed by atoms with Crippen LogP contribution in [0.15, 0.2) is 18.2 Å². The molecule has 1 aromatic rings. The van der Waals surface area contributed by atoms with Gasteiger partial charge in [0.25, 0.3) is 0 Å². The highest BCUT2D eigenvalue weighted by Crippen LogP contribution is 2.30. The second-order valence-electron chi connectivity index (χ2n) is 4.41. The first-order chi connectivity index (χ1) is 7.42. The number of carbonyl (C=O) groups excluding carboxylic acids is 1. The quantitative estimate of drug-likeness (QED) is 0.732. The van der Waals surface area contributed by atoms with E-state index in [-0.39, 0.29) is 5.78 Å². The molecule has 88 valence electrons. The first-order valence-electron chi connectivity index (χ1n) is 5.30. The SMILES string of the molecule is CCC(C)(C)C(=O)c1ccc(F)cc1OC. The van der Waals surface area contributed by atoms with Crippen LogP contribution in [0.25, 0.3) is 0 Å². The van der Waals surface area contributed by atoms with Gasteiger partial charge in [-0.3, -0.25) is 4.79 Å². The van der Waals surface area contributed by atoms with E-state index in [4.69, 9.17) is 4.74 Å². The van der Waals surface area contributed by atoms with Gasteiger partial charge in [0.2, 0.25) is 0 Å². The molecule has 0 heterocycles. The lowest BCUT2D eigenvalue weighted by Crippen LogP contribution is -2.23. The Morgan fingerprint density at radius 3 is 2.56 bits per heavy atom. The average Bonchev–Trinajstić information content (AvgIpc) is 2.27. The van der Waals surface area contributed by atoms with Crippen molar-refractivity contribution in [2.75, 3.05) is 7.11 Å². The standard InChI is InChI=1S/C13H17FO2/c1-5-13(2,3)12(15)10-7-6-9(14)8-11(10)16-4/h6-8H,5H2,1-4H3. The normalized spacial score (nSPS) is 11.3. The molecule has 0 aromatic heterocycles. The maximum Gasteiger partial charge on any atom is 0.172 e. The molecule has 0 unspecified atom stereocenters. The van der Waals surface area contributed by atoms with Gasteiger partial charge in [-0.2, -0.15) is 0 Å². The van der Waals surface area contributed by atoms with Crippen molar-refractivity contribution >= 4 is 5.78 Å². The van der Waals surface area contributed by atoms with E-state index in [2.05, 4.69) is 0 Å². The summed E-state index contributed by atoms with van der Waals surface area (Å²) in [6.45, 7) is 5.70. The van der Waals surface area contributed by atoms with E-state index in [9.17, 15) is 9.18 Å². The highest BCUT2D eigenvalue weighted by molar-refractivity contribution is 6.02. The van der Waals surface area contributed by atoms with E-state index < -0.39 is 11.2 Å². The molecule has 16 heavy (non-hydrogen) atoms. The lowest BCUT2D eigenvalue weighted by Gasteiger charge is -2.22. The van der Waals surface area contributed by atoms with Crippen LogP contribution in [0.2, 0.25) is 0 Å². The maximum atomic E-state index is 13.0. The van der Waals surface area contributed by atoms with Crippen LogP contribution in [0.4, 0.5) is 4.39 Å². The molecule has 0 N–H and O–H groups in total. The third kappa shape index (κ3) is 2.40. The molecule has 0 radical (unpaired) electrons. The lowest BCUT2D eigenvalue weighted by molar-refractivity contribution is 0.0829. The number of Topliss-reactive ketones (excluding diaryl/α,β-unsaturated/α-hetero) is 1. The second kappa shape index (κ2) is 4.64. The number of ether oxygens (including phenoxy) is 1. The minimum Gasteiger partial charge on any atom is -0.496 e. The Labute approximate surface area is 95.4 Å². The van der Waals surface area contributed by atoms with Gasteiger partial charge >= 0.3 is 0 Å². The number of benzene rings is 1. The van der Waals surface area contributed by atoms with Gasteiger partial charge < -0.3 is 4.74 Å². The first kappa shape index (κ1) is 12.7. The lowest BCUT2D eigenvalue weighted by atomic mass is 9.82. The van der Waals surface area contributed by atoms with Crippen LogP contribution in [0.3, 0.4) is 0 Å². The summed E-state index contributed by atoms with van der Waals surface area (Å²) in [5.41, 5.74) is -0.0128. The fraction of sp³-hybridized carbons (Fsp3) is 0.462. The number of methoxy groups -OCH3 is 1. The summed E-state index contributed by atoms with van der Waals surface area (Å²) >= 11 is 0. The minimum atomic E-state index is -0.453. The van der Waals surface area contributed by atoms with Gasteiger partial charge in [0.15, 0.2) is 5.78 Å². The van der Waals surface area contributed by atoms with Gasteiger partial charge in [-0.05, 0) is 18.6 Å². The van der Waals surface area contributed by atoms with Gasteiger partial charge in [0.05, 0.1) is 12.7 Å². The van der Waals surface area contributed by atoms with Crippen molar-refractivity contribution in [1.82, 2.24) is 0 Å². The summed E-state index contributed by atoms with van der Waals surface area (Å²) in [4.78, 5) is 12.2. The number of hydrogen-bond donors (Lipinski definition) is 0. The zero-order valence-electron chi connectivity index (χ0n) is 10.1. The molecule has 0 amide bonds. The molecule has 0 atom stereocenters. The van der Waals surface area contributed by atoms with E-state index >= 15 is 0 Å². The topological polar surface area (TPSA) is 26.3 Å². The predicted molar refractivity (Wildman–Crippen MR) is 61.4 cm³/mol. The van der Waals surface area contributed by atoms with E-state index in [0.29, 0.717) is 11.3 Å². The summed E-state index contributed by atoms with van der Waals surface area (Å²) in [5.74, 6) is -0.124. The van der Waals surface area contributed by atoms with Crippen molar-refractivity contribution in [1.29, 1.82) is 0 Å². The molecule has 0 aliphatic rings. The van der Waals surface area contributed by atoms with Crippen LogP contribution in [-0.2, 0) is 0 Å². The Bertz CT molecular complexity index is 397. The van der Waals surface area contributed by atoms with Crippen molar-refractivity contribution in [2.45, 2.75) is 27.2 Å². The number of ketones is 1. The van der Waals surface area contributed by atoms with Crippen LogP contribution in [0.1, 0.15) is 37.6 Å². The van der Waals surface area contributed by atoms with Gasteiger partial charge in [-0.15, -0.1) is 0 Å². The molecule has 1 aromatic carbocycles. The van der Waals surface area contributed by atoms with Crippen LogP contribution < -0.4 is 4.74 Å². The van der Waals surface area contributed by atoms with E-state index in [1.54, 1.807) is 0 Å². The number of hydrogen-bond acceptors (Lipinski definition) is 2. The molecule has 0 saturated carbocycles. The van der Waals surface area contributed by atoms with E-state index in [0.717, 1.165) is 6.42 Å². The smallest absolute Gasteiger partial charge is 0.172 e. The van der Waals surface area contributed by atoms with E-state index in [1.807, 2.05) is 20.8 Å². The molecule has 0 spiro atoms. The van der Waals surface area contributed by atoms with Crippen molar-refractivity contribution in [3.05, 3.63) is 29.6 Å². The Balaban J connectivity index is 3.18. The van der Waals surface area contributed by atoms with Crippen molar-refractivity contribution in [2.24, 2.45) is 5.41 Å². The summed E-state index contributed by atoms with van der Waals surface area (Å²) in [6.07, 6.45) is 0.729. The third-order valence-corrected chi connectivity index (χ3v) is 2.91. The molecule has 0 aliphatic carbocycles. The van der Waals surface area contributed by atoms with Crippen molar-refractivity contribution < 1.29 is 13.9 Å². The summed E-state index contributed by atoms with van der Waals surface area (Å²) in [7, 11) is 1.44. The van der Waals surface area contributed by atoms with Crippen LogP contribution in [0.5, 0.6) is 5.75 Å². The average molecular weight is 224 g/mol. The monoisotopic (exact) mass is 224 g/mol. The van der Waals surface area contributed by atoms with Crippen molar-refractivity contribution in [3.63, 3.8) is 0 Å². The van der Waals surface area contributed by atoms with Gasteiger partial charge in [0, 0.05) is 11.5 Å². The maximum absolute atomic E-state index is 13.0. The molecule has 0 aliphatic heterocycles. The van der Waals surface area contributed by atoms with Crippen LogP contribution in [-0.4, -0.2) is 12.9 Å². The molecule has 1 rings (SSSR count). The fourth-order valence-electron chi connectivity index (χ4n) is 1.38. The van der Waals surface area contributed by atoms with Gasteiger partial charge in [-0.25, -0.2) is 4.39 Å². The minimum absolute atomic E-state index is 0.0214. The summed E-state index contributed by atoms with van der Waals surface area (Å²) in [5, 5.41) is 0. The molecular weight excluding hydrogens is 207 g/mol. The third-order valence-electron chi connectivity index (χ3n) is 2.91. The zero-order valence-corrected chi connectivity index (χ0v) is 10.1. The molecule has 0 bridgehead atoms. The first-order valence-corrected chi connectivity index (χ1v) is 5.30. The van der Waals surface area contributed by atoms with Crippen molar-refractivity contribution in [3.8, 4) is 5.75 Å². The van der Waals surface area contributed by atoms with E-state index in [1.165, 1.54) is 25.3 Å². The molecular formula is C13H17FO2. The molecule has 2 nitrogen and oxygen atoms in total. The second-order valence-corrected chi connectivity index (χ2v) is 4.41. The van der Waals surface area contributed by atoms with Crippen LogP contribution >= 0.6 is 0 Å². The highest BCUT2D eigenvalue weighted by Gasteiger charge is 2.28. The molecule has 0 saturated heterocycles. The number of carbonyl (C=O) groups is 1. The Hall–Kier alpha value is -1.38. The Morgan fingerprint density at radius 2 is 2.06 bits per heavy atom. The zero-order chi connectivity index (χ0) is 12.3. The number of halogens is 1. The fourth-order valence-corrected chi connectivity index (χ4v) is 1.38. The summed E-state index contributed by atoms with van der Waals surface area (Å²) < 4.78 is 18.0.